The Bertz CT molecular complexity index is 654. The molecule has 24 heavy (non-hydrogen) atoms. The molecule has 0 aliphatic carbocycles. The van der Waals surface area contributed by atoms with E-state index in [1.807, 2.05) is 6.07 Å². The molecular weight excluding hydrogens is 312 g/mol. The zero-order valence-corrected chi connectivity index (χ0v) is 13.7. The number of amides is 1. The minimum absolute atomic E-state index is 0.0744. The summed E-state index contributed by atoms with van der Waals surface area (Å²) < 4.78 is 9.84. The fourth-order valence-electron chi connectivity index (χ4n) is 2.33. The van der Waals surface area contributed by atoms with Crippen molar-refractivity contribution in [2.45, 2.75) is 13.8 Å². The van der Waals surface area contributed by atoms with E-state index in [1.54, 1.807) is 38.1 Å². The van der Waals surface area contributed by atoms with Gasteiger partial charge in [-0.05, 0) is 26.0 Å². The summed E-state index contributed by atoms with van der Waals surface area (Å²) in [5, 5.41) is 2.72. The number of nitrogens with one attached hydrogen (secondary N) is 1. The highest BCUT2D eigenvalue weighted by Crippen LogP contribution is 2.25. The van der Waals surface area contributed by atoms with Gasteiger partial charge < -0.3 is 19.7 Å². The lowest BCUT2D eigenvalue weighted by molar-refractivity contribution is -0.142. The maximum absolute atomic E-state index is 12.6. The standard InChI is InChI=1S/C17H20N2O5/c1-3-23-14(20)10-18-15-13(17(22)24-4-2)11-19(16(15)21)12-8-6-5-7-9-12/h5-9,18H,3-4,10-11H2,1-2H3. The molecule has 1 heterocycles. The number of esters is 2. The molecule has 1 aromatic rings. The predicted octanol–water partition coefficient (Wildman–Crippen LogP) is 1.00. The van der Waals surface area contributed by atoms with E-state index in [1.165, 1.54) is 4.90 Å². The van der Waals surface area contributed by atoms with Crippen LogP contribution in [0.4, 0.5) is 5.69 Å². The van der Waals surface area contributed by atoms with Crippen LogP contribution in [0.1, 0.15) is 13.8 Å². The third kappa shape index (κ3) is 3.92. The molecule has 1 aliphatic rings. The van der Waals surface area contributed by atoms with E-state index < -0.39 is 11.9 Å². The van der Waals surface area contributed by atoms with Gasteiger partial charge in [0.1, 0.15) is 12.2 Å². The van der Waals surface area contributed by atoms with Gasteiger partial charge in [-0.1, -0.05) is 18.2 Å². The number of carbonyl (C=O) groups is 3. The van der Waals surface area contributed by atoms with Crippen LogP contribution in [0.2, 0.25) is 0 Å². The highest BCUT2D eigenvalue weighted by Gasteiger charge is 2.35. The van der Waals surface area contributed by atoms with Crippen molar-refractivity contribution < 1.29 is 23.9 Å². The van der Waals surface area contributed by atoms with Crippen LogP contribution in [0.15, 0.2) is 41.6 Å². The molecule has 128 valence electrons. The van der Waals surface area contributed by atoms with E-state index >= 15 is 0 Å². The smallest absolute Gasteiger partial charge is 0.338 e. The van der Waals surface area contributed by atoms with Crippen LogP contribution < -0.4 is 10.2 Å². The first kappa shape index (κ1) is 17.5. The van der Waals surface area contributed by atoms with Crippen molar-refractivity contribution in [1.29, 1.82) is 0 Å². The number of nitrogens with zero attached hydrogens (tertiary/aromatic N) is 1. The molecule has 0 saturated heterocycles. The van der Waals surface area contributed by atoms with Gasteiger partial charge in [0, 0.05) is 5.69 Å². The van der Waals surface area contributed by atoms with E-state index in [0.717, 1.165) is 0 Å². The topological polar surface area (TPSA) is 84.9 Å². The number of carbonyl (C=O) groups excluding carboxylic acids is 3. The summed E-state index contributed by atoms with van der Waals surface area (Å²) in [6.45, 7) is 3.73. The fourth-order valence-corrected chi connectivity index (χ4v) is 2.33. The van der Waals surface area contributed by atoms with Crippen molar-refractivity contribution in [3.05, 3.63) is 41.6 Å². The lowest BCUT2D eigenvalue weighted by Gasteiger charge is -2.16. The molecule has 0 radical (unpaired) electrons. The quantitative estimate of drug-likeness (QED) is 0.750. The molecule has 0 unspecified atom stereocenters. The summed E-state index contributed by atoms with van der Waals surface area (Å²) in [6.07, 6.45) is 0. The van der Waals surface area contributed by atoms with Crippen LogP contribution in [0.25, 0.3) is 0 Å². The van der Waals surface area contributed by atoms with Gasteiger partial charge in [-0.25, -0.2) is 4.79 Å². The molecule has 0 bridgehead atoms. The van der Waals surface area contributed by atoms with Crippen LogP contribution >= 0.6 is 0 Å². The van der Waals surface area contributed by atoms with E-state index in [4.69, 9.17) is 9.47 Å². The van der Waals surface area contributed by atoms with Gasteiger partial charge in [0.2, 0.25) is 0 Å². The van der Waals surface area contributed by atoms with E-state index in [2.05, 4.69) is 5.32 Å². The van der Waals surface area contributed by atoms with Crippen LogP contribution in [-0.4, -0.2) is 44.1 Å². The molecule has 1 aromatic carbocycles. The number of benzene rings is 1. The van der Waals surface area contributed by atoms with Crippen LogP contribution in [0.3, 0.4) is 0 Å². The van der Waals surface area contributed by atoms with Crippen LogP contribution in [0, 0.1) is 0 Å². The van der Waals surface area contributed by atoms with Crippen LogP contribution in [0.5, 0.6) is 0 Å². The zero-order chi connectivity index (χ0) is 17.5. The lowest BCUT2D eigenvalue weighted by atomic mass is 10.2. The maximum Gasteiger partial charge on any atom is 0.338 e. The van der Waals surface area contributed by atoms with E-state index in [0.29, 0.717) is 5.69 Å². The second-order valence-corrected chi connectivity index (χ2v) is 4.96. The molecular formula is C17H20N2O5. The molecule has 1 N–H and O–H groups in total. The number of hydrogen-bond acceptors (Lipinski definition) is 6. The van der Waals surface area contributed by atoms with Gasteiger partial charge in [-0.3, -0.25) is 9.59 Å². The number of rotatable bonds is 7. The first-order valence-corrected chi connectivity index (χ1v) is 7.75. The molecule has 7 nitrogen and oxygen atoms in total. The average Bonchev–Trinajstić information content (AvgIpc) is 2.91. The second kappa shape index (κ2) is 8.14. The largest absolute Gasteiger partial charge is 0.465 e. The molecule has 0 aromatic heterocycles. The molecule has 7 heteroatoms. The first-order chi connectivity index (χ1) is 11.6. The van der Waals surface area contributed by atoms with Gasteiger partial charge >= 0.3 is 11.9 Å². The fraction of sp³-hybridized carbons (Fsp3) is 0.353. The van der Waals surface area contributed by atoms with Crippen molar-refractivity contribution in [3.63, 3.8) is 0 Å². The third-order valence-electron chi connectivity index (χ3n) is 3.38. The number of ether oxygens (including phenoxy) is 2. The molecule has 2 rings (SSSR count). The molecule has 1 aliphatic heterocycles. The lowest BCUT2D eigenvalue weighted by Crippen LogP contribution is -2.33. The predicted molar refractivity (Wildman–Crippen MR) is 87.1 cm³/mol. The summed E-state index contributed by atoms with van der Waals surface area (Å²) >= 11 is 0. The zero-order valence-electron chi connectivity index (χ0n) is 13.7. The molecule has 0 spiro atoms. The summed E-state index contributed by atoms with van der Waals surface area (Å²) in [5.74, 6) is -1.46. The summed E-state index contributed by atoms with van der Waals surface area (Å²) in [7, 11) is 0. The highest BCUT2D eigenvalue weighted by molar-refractivity contribution is 6.15. The Balaban J connectivity index is 2.22. The van der Waals surface area contributed by atoms with Crippen molar-refractivity contribution in [1.82, 2.24) is 5.32 Å². The summed E-state index contributed by atoms with van der Waals surface area (Å²) in [4.78, 5) is 37.7. The molecule has 0 fully saturated rings. The Morgan fingerprint density at radius 3 is 2.42 bits per heavy atom. The van der Waals surface area contributed by atoms with Crippen molar-refractivity contribution >= 4 is 23.5 Å². The SMILES string of the molecule is CCOC(=O)CNC1=C(C(=O)OCC)CN(c2ccccc2)C1=O. The highest BCUT2D eigenvalue weighted by atomic mass is 16.5. The number of anilines is 1. The Labute approximate surface area is 140 Å². The normalized spacial score (nSPS) is 13.9. The minimum atomic E-state index is -0.573. The molecule has 0 saturated carbocycles. The minimum Gasteiger partial charge on any atom is -0.465 e. The van der Waals surface area contributed by atoms with Gasteiger partial charge in [0.25, 0.3) is 5.91 Å². The Hall–Kier alpha value is -2.83. The number of para-hydroxylation sites is 1. The van der Waals surface area contributed by atoms with Gasteiger partial charge in [0.15, 0.2) is 0 Å². The van der Waals surface area contributed by atoms with Crippen LogP contribution in [-0.2, 0) is 23.9 Å². The molecule has 0 atom stereocenters. The first-order valence-electron chi connectivity index (χ1n) is 7.75. The van der Waals surface area contributed by atoms with Crippen molar-refractivity contribution in [3.8, 4) is 0 Å². The Morgan fingerprint density at radius 1 is 1.12 bits per heavy atom. The van der Waals surface area contributed by atoms with E-state index in [9.17, 15) is 14.4 Å². The molecule has 1 amide bonds. The average molecular weight is 332 g/mol. The van der Waals surface area contributed by atoms with Crippen molar-refractivity contribution in [2.24, 2.45) is 0 Å². The van der Waals surface area contributed by atoms with Gasteiger partial charge in [-0.2, -0.15) is 0 Å². The number of hydrogen-bond donors (Lipinski definition) is 1. The maximum atomic E-state index is 12.6. The van der Waals surface area contributed by atoms with Crippen molar-refractivity contribution in [2.75, 3.05) is 31.2 Å². The monoisotopic (exact) mass is 332 g/mol. The Morgan fingerprint density at radius 2 is 1.79 bits per heavy atom. The van der Waals surface area contributed by atoms with Gasteiger partial charge in [0.05, 0.1) is 25.3 Å². The van der Waals surface area contributed by atoms with E-state index in [-0.39, 0.29) is 43.5 Å². The summed E-state index contributed by atoms with van der Waals surface area (Å²) in [6, 6.07) is 8.99. The summed E-state index contributed by atoms with van der Waals surface area (Å²) in [5.41, 5.74) is 0.942. The second-order valence-electron chi connectivity index (χ2n) is 4.96. The third-order valence-corrected chi connectivity index (χ3v) is 3.38. The Kier molecular flexibility index (Phi) is 5.95. The van der Waals surface area contributed by atoms with Gasteiger partial charge in [-0.15, -0.1) is 0 Å².